The number of aromatic nitrogens is 3. The monoisotopic (exact) mass is 466 g/mol. The van der Waals surface area contributed by atoms with Crippen LogP contribution in [0.4, 0.5) is 4.79 Å². The van der Waals surface area contributed by atoms with Gasteiger partial charge in [-0.3, -0.25) is 14.9 Å². The minimum absolute atomic E-state index is 0.214. The number of piperidine rings is 1. The van der Waals surface area contributed by atoms with Gasteiger partial charge in [-0.25, -0.2) is 4.79 Å². The van der Waals surface area contributed by atoms with E-state index in [4.69, 9.17) is 9.72 Å². The second-order valence-corrected chi connectivity index (χ2v) is 10.0. The van der Waals surface area contributed by atoms with Crippen molar-refractivity contribution in [2.24, 2.45) is 0 Å². The van der Waals surface area contributed by atoms with Gasteiger partial charge in [0.25, 0.3) is 0 Å². The number of pyridine rings is 2. The van der Waals surface area contributed by atoms with Gasteiger partial charge in [0, 0.05) is 11.6 Å². The molecule has 0 aliphatic carbocycles. The van der Waals surface area contributed by atoms with Gasteiger partial charge in [-0.15, -0.1) is 0 Å². The minimum atomic E-state index is -0.913. The summed E-state index contributed by atoms with van der Waals surface area (Å²) in [6, 6.07) is 10.8. The molecule has 0 saturated carbocycles. The Morgan fingerprint density at radius 3 is 2.64 bits per heavy atom. The molecule has 0 bridgehead atoms. The van der Waals surface area contributed by atoms with Crippen LogP contribution < -0.4 is 0 Å². The first-order valence-corrected chi connectivity index (χ1v) is 12.1. The number of hydrogen-bond acceptors (Lipinski definition) is 7. The van der Waals surface area contributed by atoms with Crippen LogP contribution in [-0.4, -0.2) is 36.0 Å². The van der Waals surface area contributed by atoms with E-state index in [0.29, 0.717) is 11.4 Å². The molecule has 8 heteroatoms. The van der Waals surface area contributed by atoms with E-state index >= 15 is 0 Å². The molecule has 174 valence electrons. The van der Waals surface area contributed by atoms with Crippen LogP contribution in [0.1, 0.15) is 86.6 Å². The maximum absolute atomic E-state index is 13.5. The molecule has 0 spiro atoms. The molecule has 4 heterocycles. The number of likely N-dealkylation sites (tertiary alicyclic amines) is 1. The Morgan fingerprint density at radius 1 is 1.15 bits per heavy atom. The molecule has 1 fully saturated rings. The fraction of sp³-hybridized carbons (Fsp3) is 0.440. The minimum Gasteiger partial charge on any atom is -0.444 e. The Bertz CT molecular complexity index is 1100. The van der Waals surface area contributed by atoms with Gasteiger partial charge in [0.1, 0.15) is 11.7 Å². The molecule has 1 N–H and O–H groups in total. The molecule has 0 aromatic carbocycles. The molecule has 1 saturated heterocycles. The predicted octanol–water partition coefficient (Wildman–Crippen LogP) is 5.53. The lowest BCUT2D eigenvalue weighted by molar-refractivity contribution is -0.00809. The molecule has 0 radical (unpaired) electrons. The fourth-order valence-electron chi connectivity index (χ4n) is 4.30. The number of rotatable bonds is 4. The molecule has 1 aliphatic rings. The van der Waals surface area contributed by atoms with Crippen LogP contribution in [0.5, 0.6) is 0 Å². The van der Waals surface area contributed by atoms with Crippen molar-refractivity contribution < 1.29 is 14.6 Å². The first-order valence-electron chi connectivity index (χ1n) is 11.2. The summed E-state index contributed by atoms with van der Waals surface area (Å²) in [4.78, 5) is 24.7. The van der Waals surface area contributed by atoms with Crippen molar-refractivity contribution in [3.63, 3.8) is 0 Å². The zero-order valence-corrected chi connectivity index (χ0v) is 20.2. The smallest absolute Gasteiger partial charge is 0.411 e. The van der Waals surface area contributed by atoms with Crippen molar-refractivity contribution in [2.45, 2.75) is 70.7 Å². The highest BCUT2D eigenvalue weighted by molar-refractivity contribution is 7.03. The summed E-state index contributed by atoms with van der Waals surface area (Å²) in [6.07, 6.45) is 2.95. The number of amides is 1. The van der Waals surface area contributed by atoms with E-state index < -0.39 is 11.7 Å². The van der Waals surface area contributed by atoms with Crippen molar-refractivity contribution in [1.29, 1.82) is 0 Å². The van der Waals surface area contributed by atoms with E-state index in [-0.39, 0.29) is 18.2 Å². The van der Waals surface area contributed by atoms with Crippen LogP contribution in [0.2, 0.25) is 0 Å². The summed E-state index contributed by atoms with van der Waals surface area (Å²) in [5, 5.41) is 12.6. The highest BCUT2D eigenvalue weighted by atomic mass is 32.1. The van der Waals surface area contributed by atoms with Crippen molar-refractivity contribution in [3.05, 3.63) is 76.3 Å². The lowest BCUT2D eigenvalue weighted by Crippen LogP contribution is -2.44. The molecule has 3 aromatic heterocycles. The average molecular weight is 467 g/mol. The van der Waals surface area contributed by atoms with Gasteiger partial charge in [0.2, 0.25) is 0 Å². The predicted molar refractivity (Wildman–Crippen MR) is 127 cm³/mol. The molecule has 1 amide bonds. The summed E-state index contributed by atoms with van der Waals surface area (Å²) in [7, 11) is 0. The van der Waals surface area contributed by atoms with Crippen LogP contribution >= 0.6 is 11.5 Å². The van der Waals surface area contributed by atoms with Gasteiger partial charge in [-0.1, -0.05) is 12.1 Å². The normalized spacial score (nSPS) is 19.8. The number of nitrogens with zero attached hydrogens (tertiary/aromatic N) is 4. The van der Waals surface area contributed by atoms with E-state index in [1.807, 2.05) is 57.3 Å². The van der Waals surface area contributed by atoms with Crippen LogP contribution in [-0.2, 0) is 4.74 Å². The number of aliphatic hydroxyl groups excluding tert-OH is 1. The summed E-state index contributed by atoms with van der Waals surface area (Å²) >= 11 is 1.29. The topological polar surface area (TPSA) is 88.4 Å². The summed E-state index contributed by atoms with van der Waals surface area (Å²) < 4.78 is 10.1. The molecular formula is C25H30N4O3S. The number of aliphatic hydroxyl groups is 1. The van der Waals surface area contributed by atoms with Crippen molar-refractivity contribution >= 4 is 17.6 Å². The van der Waals surface area contributed by atoms with Gasteiger partial charge in [0.05, 0.1) is 34.9 Å². The molecule has 4 rings (SSSR count). The van der Waals surface area contributed by atoms with Gasteiger partial charge in [0.15, 0.2) is 0 Å². The Morgan fingerprint density at radius 2 is 1.94 bits per heavy atom. The molecule has 33 heavy (non-hydrogen) atoms. The molecular weight excluding hydrogens is 436 g/mol. The molecule has 3 aromatic rings. The third-order valence-electron chi connectivity index (χ3n) is 5.75. The fourth-order valence-corrected chi connectivity index (χ4v) is 4.84. The Balaban J connectivity index is 1.73. The lowest BCUT2D eigenvalue weighted by Gasteiger charge is -2.42. The quantitative estimate of drug-likeness (QED) is 0.544. The van der Waals surface area contributed by atoms with Crippen molar-refractivity contribution in [3.8, 4) is 0 Å². The van der Waals surface area contributed by atoms with E-state index in [2.05, 4.69) is 9.36 Å². The lowest BCUT2D eigenvalue weighted by atomic mass is 9.90. The molecule has 7 nitrogen and oxygen atoms in total. The van der Waals surface area contributed by atoms with Crippen molar-refractivity contribution in [1.82, 2.24) is 19.2 Å². The third-order valence-corrected chi connectivity index (χ3v) is 6.32. The van der Waals surface area contributed by atoms with E-state index in [0.717, 1.165) is 36.2 Å². The molecule has 1 aliphatic heterocycles. The second kappa shape index (κ2) is 9.57. The SMILES string of the molecule is Cc1cccnc1[C@@H]1CCC[C@H](c2cccc(C(O)c3ccsn3)n2)N1C(=O)OC(C)(C)C. The average Bonchev–Trinajstić information content (AvgIpc) is 3.32. The third kappa shape index (κ3) is 5.23. The first-order chi connectivity index (χ1) is 15.7. The highest BCUT2D eigenvalue weighted by Gasteiger charge is 2.40. The number of carbonyl (C=O) groups excluding carboxylic acids is 1. The van der Waals surface area contributed by atoms with Crippen LogP contribution in [0.15, 0.2) is 48.0 Å². The number of ether oxygens (including phenoxy) is 1. The van der Waals surface area contributed by atoms with E-state index in [9.17, 15) is 9.90 Å². The van der Waals surface area contributed by atoms with Crippen LogP contribution in [0, 0.1) is 6.92 Å². The van der Waals surface area contributed by atoms with Crippen LogP contribution in [0.3, 0.4) is 0 Å². The van der Waals surface area contributed by atoms with E-state index in [1.54, 1.807) is 23.2 Å². The Kier molecular flexibility index (Phi) is 6.76. The summed E-state index contributed by atoms with van der Waals surface area (Å²) in [5.41, 5.74) is 3.10. The maximum Gasteiger partial charge on any atom is 0.411 e. The van der Waals surface area contributed by atoms with Gasteiger partial charge in [-0.2, -0.15) is 4.37 Å². The van der Waals surface area contributed by atoms with E-state index in [1.165, 1.54) is 11.5 Å². The van der Waals surface area contributed by atoms with Gasteiger partial charge >= 0.3 is 6.09 Å². The standard InChI is InChI=1S/C25H30N4O3S/c1-16-8-7-14-26-22(16)21-12-6-11-20(29(21)24(31)32-25(2,3)4)17-9-5-10-18(27-17)23(30)19-13-15-33-28-19/h5,7-10,13-15,20-21,23,30H,6,11-12H2,1-4H3/t20-,21+,23?/m1/s1. The van der Waals surface area contributed by atoms with Gasteiger partial charge < -0.3 is 9.84 Å². The zero-order chi connectivity index (χ0) is 23.6. The van der Waals surface area contributed by atoms with Crippen LogP contribution in [0.25, 0.3) is 0 Å². The highest BCUT2D eigenvalue weighted by Crippen LogP contribution is 2.42. The largest absolute Gasteiger partial charge is 0.444 e. The van der Waals surface area contributed by atoms with Crippen molar-refractivity contribution in [2.75, 3.05) is 0 Å². The molecule has 1 unspecified atom stereocenters. The summed E-state index contributed by atoms with van der Waals surface area (Å²) in [6.45, 7) is 7.62. The molecule has 3 atom stereocenters. The number of aryl methyl sites for hydroxylation is 1. The van der Waals surface area contributed by atoms with Gasteiger partial charge in [-0.05, 0) is 88.3 Å². The first kappa shape index (κ1) is 23.3. The number of carbonyl (C=O) groups is 1. The number of hydrogen-bond donors (Lipinski definition) is 1. The Labute approximate surface area is 198 Å². The second-order valence-electron chi connectivity index (χ2n) is 9.37. The zero-order valence-electron chi connectivity index (χ0n) is 19.4. The Hall–Kier alpha value is -2.84. The maximum atomic E-state index is 13.5. The summed E-state index contributed by atoms with van der Waals surface area (Å²) in [5.74, 6) is 0.